The number of carboxylic acids is 1. The SMILES string of the molecule is N#Cc1ccc(N(CCC(=O)O)C2CC2)cc1Cl. The van der Waals surface area contributed by atoms with Gasteiger partial charge in [-0.1, -0.05) is 11.6 Å². The Morgan fingerprint density at radius 3 is 2.78 bits per heavy atom. The van der Waals surface area contributed by atoms with Crippen molar-refractivity contribution in [2.75, 3.05) is 11.4 Å². The molecule has 0 aromatic heterocycles. The van der Waals surface area contributed by atoms with E-state index in [2.05, 4.69) is 4.90 Å². The maximum Gasteiger partial charge on any atom is 0.305 e. The average molecular weight is 265 g/mol. The molecule has 0 aliphatic heterocycles. The van der Waals surface area contributed by atoms with Crippen molar-refractivity contribution in [3.63, 3.8) is 0 Å². The summed E-state index contributed by atoms with van der Waals surface area (Å²) >= 11 is 6.00. The molecule has 1 aliphatic carbocycles. The van der Waals surface area contributed by atoms with Crippen molar-refractivity contribution in [3.05, 3.63) is 28.8 Å². The largest absolute Gasteiger partial charge is 0.481 e. The Kier molecular flexibility index (Phi) is 3.73. The summed E-state index contributed by atoms with van der Waals surface area (Å²) in [5, 5.41) is 18.0. The molecule has 0 heterocycles. The van der Waals surface area contributed by atoms with E-state index in [4.69, 9.17) is 22.0 Å². The highest BCUT2D eigenvalue weighted by Gasteiger charge is 2.29. The molecule has 1 saturated carbocycles. The molecule has 1 N–H and O–H groups in total. The number of rotatable bonds is 5. The van der Waals surface area contributed by atoms with Crippen LogP contribution in [0.15, 0.2) is 18.2 Å². The van der Waals surface area contributed by atoms with Gasteiger partial charge in [0, 0.05) is 18.3 Å². The molecule has 1 aliphatic rings. The Morgan fingerprint density at radius 1 is 1.56 bits per heavy atom. The summed E-state index contributed by atoms with van der Waals surface area (Å²) in [5.74, 6) is -0.805. The molecule has 0 saturated heterocycles. The third-order valence-corrected chi connectivity index (χ3v) is 3.27. The van der Waals surface area contributed by atoms with Gasteiger partial charge in [0.1, 0.15) is 6.07 Å². The van der Waals surface area contributed by atoms with Crippen molar-refractivity contribution in [2.24, 2.45) is 0 Å². The number of halogens is 1. The van der Waals surface area contributed by atoms with E-state index in [1.807, 2.05) is 12.1 Å². The molecule has 94 valence electrons. The van der Waals surface area contributed by atoms with E-state index in [0.717, 1.165) is 18.5 Å². The number of nitrogens with zero attached hydrogens (tertiary/aromatic N) is 2. The fraction of sp³-hybridized carbons (Fsp3) is 0.385. The van der Waals surface area contributed by atoms with Gasteiger partial charge in [-0.2, -0.15) is 5.26 Å². The highest BCUT2D eigenvalue weighted by molar-refractivity contribution is 6.32. The molecule has 0 bridgehead atoms. The third-order valence-electron chi connectivity index (χ3n) is 2.96. The zero-order valence-electron chi connectivity index (χ0n) is 9.77. The van der Waals surface area contributed by atoms with Crippen molar-refractivity contribution >= 4 is 23.3 Å². The molecule has 0 amide bonds. The van der Waals surface area contributed by atoms with Crippen LogP contribution in [0.2, 0.25) is 5.02 Å². The smallest absolute Gasteiger partial charge is 0.305 e. The maximum atomic E-state index is 10.6. The lowest BCUT2D eigenvalue weighted by Crippen LogP contribution is -2.28. The van der Waals surface area contributed by atoms with Crippen LogP contribution < -0.4 is 4.90 Å². The highest BCUT2D eigenvalue weighted by Crippen LogP contribution is 2.33. The van der Waals surface area contributed by atoms with Crippen molar-refractivity contribution in [1.29, 1.82) is 5.26 Å². The molecular weight excluding hydrogens is 252 g/mol. The van der Waals surface area contributed by atoms with Crippen molar-refractivity contribution in [1.82, 2.24) is 0 Å². The molecule has 0 spiro atoms. The van der Waals surface area contributed by atoms with E-state index in [-0.39, 0.29) is 6.42 Å². The van der Waals surface area contributed by atoms with Gasteiger partial charge in [-0.05, 0) is 31.0 Å². The molecule has 5 heteroatoms. The van der Waals surface area contributed by atoms with Crippen LogP contribution in [0.5, 0.6) is 0 Å². The Bertz CT molecular complexity index is 506. The molecule has 4 nitrogen and oxygen atoms in total. The monoisotopic (exact) mass is 264 g/mol. The standard InChI is InChI=1S/C13H13ClN2O2/c14-12-7-11(2-1-9(12)8-15)16(10-3-4-10)6-5-13(17)18/h1-2,7,10H,3-6H2,(H,17,18). The van der Waals surface area contributed by atoms with Gasteiger partial charge < -0.3 is 10.0 Å². The summed E-state index contributed by atoms with van der Waals surface area (Å²) in [6.07, 6.45) is 2.27. The summed E-state index contributed by atoms with van der Waals surface area (Å²) in [6, 6.07) is 7.66. The molecule has 18 heavy (non-hydrogen) atoms. The van der Waals surface area contributed by atoms with Crippen molar-refractivity contribution < 1.29 is 9.90 Å². The number of aliphatic carboxylic acids is 1. The first-order valence-corrected chi connectivity index (χ1v) is 6.17. The summed E-state index contributed by atoms with van der Waals surface area (Å²) in [5.41, 5.74) is 1.33. The van der Waals surface area contributed by atoms with Crippen LogP contribution >= 0.6 is 11.6 Å². The van der Waals surface area contributed by atoms with E-state index in [0.29, 0.717) is 23.2 Å². The third kappa shape index (κ3) is 2.93. The number of nitriles is 1. The van der Waals surface area contributed by atoms with Gasteiger partial charge in [-0.25, -0.2) is 0 Å². The van der Waals surface area contributed by atoms with Crippen LogP contribution in [0.1, 0.15) is 24.8 Å². The van der Waals surface area contributed by atoms with Crippen LogP contribution in [-0.2, 0) is 4.79 Å². The fourth-order valence-corrected chi connectivity index (χ4v) is 2.12. The topological polar surface area (TPSA) is 64.3 Å². The lowest BCUT2D eigenvalue weighted by atomic mass is 10.2. The first kappa shape index (κ1) is 12.7. The highest BCUT2D eigenvalue weighted by atomic mass is 35.5. The lowest BCUT2D eigenvalue weighted by molar-refractivity contribution is -0.136. The number of hydrogen-bond donors (Lipinski definition) is 1. The van der Waals surface area contributed by atoms with Crippen LogP contribution in [0.3, 0.4) is 0 Å². The predicted molar refractivity (Wildman–Crippen MR) is 68.8 cm³/mol. The van der Waals surface area contributed by atoms with Crippen LogP contribution in [0, 0.1) is 11.3 Å². The normalized spacial score (nSPS) is 14.0. The second kappa shape index (κ2) is 5.28. The minimum Gasteiger partial charge on any atom is -0.481 e. The van der Waals surface area contributed by atoms with Gasteiger partial charge in [-0.15, -0.1) is 0 Å². The molecule has 2 rings (SSSR count). The van der Waals surface area contributed by atoms with E-state index in [9.17, 15) is 4.79 Å². The van der Waals surface area contributed by atoms with E-state index < -0.39 is 5.97 Å². The van der Waals surface area contributed by atoms with Crippen LogP contribution in [0.25, 0.3) is 0 Å². The quantitative estimate of drug-likeness (QED) is 0.888. The molecular formula is C13H13ClN2O2. The van der Waals surface area contributed by atoms with E-state index >= 15 is 0 Å². The first-order valence-electron chi connectivity index (χ1n) is 5.80. The Labute approximate surface area is 110 Å². The molecule has 1 aromatic rings. The van der Waals surface area contributed by atoms with Gasteiger partial charge in [0.15, 0.2) is 0 Å². The molecule has 1 fully saturated rings. The zero-order valence-corrected chi connectivity index (χ0v) is 10.5. The van der Waals surface area contributed by atoms with Crippen molar-refractivity contribution in [3.8, 4) is 6.07 Å². The fourth-order valence-electron chi connectivity index (χ4n) is 1.90. The number of hydrogen-bond acceptors (Lipinski definition) is 3. The number of carboxylic acid groups (broad SMARTS) is 1. The van der Waals surface area contributed by atoms with Gasteiger partial charge in [0.05, 0.1) is 17.0 Å². The van der Waals surface area contributed by atoms with Crippen LogP contribution in [-0.4, -0.2) is 23.7 Å². The zero-order chi connectivity index (χ0) is 13.1. The predicted octanol–water partition coefficient (Wildman–Crippen LogP) is 2.66. The summed E-state index contributed by atoms with van der Waals surface area (Å²) in [7, 11) is 0. The molecule has 0 radical (unpaired) electrons. The number of anilines is 1. The average Bonchev–Trinajstić information content (AvgIpc) is 3.13. The summed E-state index contributed by atoms with van der Waals surface area (Å²) in [4.78, 5) is 12.7. The van der Waals surface area contributed by atoms with Gasteiger partial charge in [-0.3, -0.25) is 4.79 Å². The summed E-state index contributed by atoms with van der Waals surface area (Å²) in [6.45, 7) is 0.474. The Hall–Kier alpha value is -1.73. The lowest BCUT2D eigenvalue weighted by Gasteiger charge is -2.24. The van der Waals surface area contributed by atoms with Crippen molar-refractivity contribution in [2.45, 2.75) is 25.3 Å². The summed E-state index contributed by atoms with van der Waals surface area (Å²) < 4.78 is 0. The number of carbonyl (C=O) groups is 1. The van der Waals surface area contributed by atoms with Crippen LogP contribution in [0.4, 0.5) is 5.69 Å². The Balaban J connectivity index is 2.18. The second-order valence-electron chi connectivity index (χ2n) is 4.34. The minimum atomic E-state index is -0.805. The minimum absolute atomic E-state index is 0.105. The Morgan fingerprint density at radius 2 is 2.28 bits per heavy atom. The maximum absolute atomic E-state index is 10.6. The first-order chi connectivity index (χ1) is 8.61. The second-order valence-corrected chi connectivity index (χ2v) is 4.75. The van der Waals surface area contributed by atoms with Gasteiger partial charge >= 0.3 is 5.97 Å². The van der Waals surface area contributed by atoms with Gasteiger partial charge in [0.25, 0.3) is 0 Å². The van der Waals surface area contributed by atoms with E-state index in [1.165, 1.54) is 0 Å². The van der Waals surface area contributed by atoms with Gasteiger partial charge in [0.2, 0.25) is 0 Å². The molecule has 1 aromatic carbocycles. The molecule has 0 unspecified atom stereocenters. The molecule has 0 atom stereocenters. The van der Waals surface area contributed by atoms with E-state index in [1.54, 1.807) is 12.1 Å². The number of benzene rings is 1.